The van der Waals surface area contributed by atoms with Crippen molar-refractivity contribution in [1.82, 2.24) is 0 Å². The number of rotatable bonds is 5. The Labute approximate surface area is 152 Å². The molecular weight excluding hydrogens is 365 g/mol. The summed E-state index contributed by atoms with van der Waals surface area (Å²) in [6.45, 7) is 1.34. The van der Waals surface area contributed by atoms with Gasteiger partial charge in [0.1, 0.15) is 5.82 Å². The number of nitro benzene ring substituents is 1. The Hall–Kier alpha value is -3.26. The summed E-state index contributed by atoms with van der Waals surface area (Å²) in [5, 5.41) is 16.2. The summed E-state index contributed by atoms with van der Waals surface area (Å²) >= 11 is 6.00. The average Bonchev–Trinajstić information content (AvgIpc) is 2.56. The standard InChI is InChI=1S/C17H13ClFN3O4/c1-10(23)20-13-5-6-14(18)15(9-13)21-17(24)7-3-11-2-4-12(19)8-16(11)22(25)26/h2-9H,1H3,(H,20,23)(H,21,24). The number of hydrogen-bond acceptors (Lipinski definition) is 4. The molecule has 0 heterocycles. The lowest BCUT2D eigenvalue weighted by molar-refractivity contribution is -0.385. The van der Waals surface area contributed by atoms with Gasteiger partial charge in [0.05, 0.1) is 27.3 Å². The molecule has 0 aliphatic heterocycles. The van der Waals surface area contributed by atoms with E-state index >= 15 is 0 Å². The van der Waals surface area contributed by atoms with Crippen LogP contribution < -0.4 is 10.6 Å². The molecule has 0 unspecified atom stereocenters. The highest BCUT2D eigenvalue weighted by Crippen LogP contribution is 2.26. The fraction of sp³-hybridized carbons (Fsp3) is 0.0588. The van der Waals surface area contributed by atoms with Gasteiger partial charge in [-0.2, -0.15) is 0 Å². The molecule has 0 aromatic heterocycles. The van der Waals surface area contributed by atoms with Crippen molar-refractivity contribution in [1.29, 1.82) is 0 Å². The predicted molar refractivity (Wildman–Crippen MR) is 96.5 cm³/mol. The van der Waals surface area contributed by atoms with E-state index < -0.39 is 22.3 Å². The molecule has 2 N–H and O–H groups in total. The summed E-state index contributed by atoms with van der Waals surface area (Å²) in [7, 11) is 0. The molecule has 0 aliphatic rings. The first kappa shape index (κ1) is 19.1. The van der Waals surface area contributed by atoms with Crippen LogP contribution in [0.5, 0.6) is 0 Å². The number of nitro groups is 1. The largest absolute Gasteiger partial charge is 0.326 e. The second-order valence-electron chi connectivity index (χ2n) is 5.16. The number of nitrogens with one attached hydrogen (secondary N) is 2. The van der Waals surface area contributed by atoms with E-state index in [-0.39, 0.29) is 22.2 Å². The summed E-state index contributed by atoms with van der Waals surface area (Å²) in [6.07, 6.45) is 2.25. The van der Waals surface area contributed by atoms with Crippen molar-refractivity contribution in [2.45, 2.75) is 6.92 Å². The number of hydrogen-bond donors (Lipinski definition) is 2. The zero-order valence-corrected chi connectivity index (χ0v) is 14.2. The van der Waals surface area contributed by atoms with Crippen molar-refractivity contribution in [3.63, 3.8) is 0 Å². The topological polar surface area (TPSA) is 101 Å². The fourth-order valence-electron chi connectivity index (χ4n) is 2.06. The van der Waals surface area contributed by atoms with Crippen LogP contribution in [0.4, 0.5) is 21.5 Å². The van der Waals surface area contributed by atoms with Gasteiger partial charge in [0.15, 0.2) is 0 Å². The summed E-state index contributed by atoms with van der Waals surface area (Å²) < 4.78 is 13.1. The summed E-state index contributed by atoms with van der Waals surface area (Å²) in [4.78, 5) is 33.3. The minimum absolute atomic E-state index is 0.0737. The molecule has 0 saturated heterocycles. The molecule has 2 aromatic rings. The lowest BCUT2D eigenvalue weighted by atomic mass is 10.1. The summed E-state index contributed by atoms with van der Waals surface area (Å²) in [6, 6.07) is 7.55. The molecule has 2 amide bonds. The normalized spacial score (nSPS) is 10.6. The third kappa shape index (κ3) is 5.12. The molecule has 2 rings (SSSR count). The number of halogens is 2. The smallest absolute Gasteiger partial charge is 0.279 e. The van der Waals surface area contributed by atoms with Crippen molar-refractivity contribution in [2.75, 3.05) is 10.6 Å². The van der Waals surface area contributed by atoms with Crippen molar-refractivity contribution in [3.05, 3.63) is 69.0 Å². The Bertz CT molecular complexity index is 915. The molecule has 9 heteroatoms. The fourth-order valence-corrected chi connectivity index (χ4v) is 2.22. The van der Waals surface area contributed by atoms with E-state index in [2.05, 4.69) is 10.6 Å². The molecule has 26 heavy (non-hydrogen) atoms. The minimum Gasteiger partial charge on any atom is -0.326 e. The van der Waals surface area contributed by atoms with Gasteiger partial charge in [-0.05, 0) is 36.4 Å². The molecule has 7 nitrogen and oxygen atoms in total. The minimum atomic E-state index is -0.750. The first-order chi connectivity index (χ1) is 12.3. The molecule has 0 saturated carbocycles. The van der Waals surface area contributed by atoms with E-state index in [1.807, 2.05) is 0 Å². The van der Waals surface area contributed by atoms with Crippen molar-refractivity contribution in [3.8, 4) is 0 Å². The van der Waals surface area contributed by atoms with Crippen molar-refractivity contribution < 1.29 is 18.9 Å². The van der Waals surface area contributed by atoms with E-state index in [0.29, 0.717) is 5.69 Å². The number of carbonyl (C=O) groups excluding carboxylic acids is 2. The Morgan fingerprint density at radius 1 is 1.19 bits per heavy atom. The third-order valence-corrected chi connectivity index (χ3v) is 3.48. The molecule has 0 bridgehead atoms. The van der Waals surface area contributed by atoms with Gasteiger partial charge in [-0.25, -0.2) is 4.39 Å². The van der Waals surface area contributed by atoms with Crippen LogP contribution in [-0.2, 0) is 9.59 Å². The van der Waals surface area contributed by atoms with Crippen LogP contribution in [0, 0.1) is 15.9 Å². The Morgan fingerprint density at radius 3 is 2.58 bits per heavy atom. The molecule has 0 atom stereocenters. The van der Waals surface area contributed by atoms with Gasteiger partial charge in [0, 0.05) is 18.7 Å². The highest BCUT2D eigenvalue weighted by atomic mass is 35.5. The molecular formula is C17H13ClFN3O4. The van der Waals surface area contributed by atoms with Crippen LogP contribution >= 0.6 is 11.6 Å². The zero-order chi connectivity index (χ0) is 19.3. The van der Waals surface area contributed by atoms with E-state index in [9.17, 15) is 24.1 Å². The number of anilines is 2. The van der Waals surface area contributed by atoms with Gasteiger partial charge in [0.25, 0.3) is 5.69 Å². The average molecular weight is 378 g/mol. The second kappa shape index (κ2) is 8.21. The Balaban J connectivity index is 2.18. The molecule has 2 aromatic carbocycles. The lowest BCUT2D eigenvalue weighted by Crippen LogP contribution is -2.10. The van der Waals surface area contributed by atoms with E-state index in [4.69, 9.17) is 11.6 Å². The van der Waals surface area contributed by atoms with Gasteiger partial charge in [0.2, 0.25) is 11.8 Å². The highest BCUT2D eigenvalue weighted by Gasteiger charge is 2.13. The molecule has 0 aliphatic carbocycles. The van der Waals surface area contributed by atoms with Crippen LogP contribution in [0.1, 0.15) is 12.5 Å². The quantitative estimate of drug-likeness (QED) is 0.467. The molecule has 134 valence electrons. The van der Waals surface area contributed by atoms with Crippen LogP contribution in [0.2, 0.25) is 5.02 Å². The Morgan fingerprint density at radius 2 is 1.92 bits per heavy atom. The summed E-state index contributed by atoms with van der Waals surface area (Å²) in [5.74, 6) is -1.64. The van der Waals surface area contributed by atoms with E-state index in [1.165, 1.54) is 31.2 Å². The van der Waals surface area contributed by atoms with Gasteiger partial charge in [-0.1, -0.05) is 11.6 Å². The highest BCUT2D eigenvalue weighted by molar-refractivity contribution is 6.34. The molecule has 0 fully saturated rings. The summed E-state index contributed by atoms with van der Waals surface area (Å²) in [5.41, 5.74) is 0.306. The number of carbonyl (C=O) groups is 2. The number of nitrogens with zero attached hydrogens (tertiary/aromatic N) is 1. The van der Waals surface area contributed by atoms with Crippen molar-refractivity contribution >= 4 is 46.6 Å². The van der Waals surface area contributed by atoms with Crippen LogP contribution in [-0.4, -0.2) is 16.7 Å². The van der Waals surface area contributed by atoms with Gasteiger partial charge < -0.3 is 10.6 Å². The maximum absolute atomic E-state index is 13.1. The zero-order valence-electron chi connectivity index (χ0n) is 13.5. The molecule has 0 radical (unpaired) electrons. The predicted octanol–water partition coefficient (Wildman–Crippen LogP) is 4.00. The second-order valence-corrected chi connectivity index (χ2v) is 5.57. The van der Waals surface area contributed by atoms with Gasteiger partial charge in [-0.3, -0.25) is 19.7 Å². The maximum Gasteiger partial charge on any atom is 0.279 e. The van der Waals surface area contributed by atoms with E-state index in [0.717, 1.165) is 18.2 Å². The van der Waals surface area contributed by atoms with Crippen LogP contribution in [0.3, 0.4) is 0 Å². The first-order valence-electron chi connectivity index (χ1n) is 7.26. The Kier molecular flexibility index (Phi) is 6.03. The monoisotopic (exact) mass is 377 g/mol. The van der Waals surface area contributed by atoms with Crippen molar-refractivity contribution in [2.24, 2.45) is 0 Å². The van der Waals surface area contributed by atoms with E-state index in [1.54, 1.807) is 6.07 Å². The van der Waals surface area contributed by atoms with Crippen LogP contribution in [0.15, 0.2) is 42.5 Å². The molecule has 0 spiro atoms. The number of amides is 2. The number of benzene rings is 2. The SMILES string of the molecule is CC(=O)Nc1ccc(Cl)c(NC(=O)C=Cc2ccc(F)cc2[N+](=O)[O-])c1. The third-order valence-electron chi connectivity index (χ3n) is 3.15. The van der Waals surface area contributed by atoms with Gasteiger partial charge in [-0.15, -0.1) is 0 Å². The lowest BCUT2D eigenvalue weighted by Gasteiger charge is -2.08. The maximum atomic E-state index is 13.1. The van der Waals surface area contributed by atoms with Gasteiger partial charge >= 0.3 is 0 Å². The first-order valence-corrected chi connectivity index (χ1v) is 7.64. The van der Waals surface area contributed by atoms with Crippen LogP contribution in [0.25, 0.3) is 6.08 Å².